The fourth-order valence-corrected chi connectivity index (χ4v) is 10.5. The van der Waals surface area contributed by atoms with E-state index in [1.165, 1.54) is 37.7 Å². The maximum absolute atomic E-state index is 11.3. The van der Waals surface area contributed by atoms with Crippen molar-refractivity contribution in [2.24, 2.45) is 45.8 Å². The van der Waals surface area contributed by atoms with E-state index in [0.717, 1.165) is 68.6 Å². The Bertz CT molecular complexity index is 887. The molecule has 3 heteroatoms. The van der Waals surface area contributed by atoms with E-state index in [0.29, 0.717) is 29.6 Å². The van der Waals surface area contributed by atoms with Crippen molar-refractivity contribution in [3.8, 4) is 0 Å². The van der Waals surface area contributed by atoms with Gasteiger partial charge in [-0.05, 0) is 143 Å². The summed E-state index contributed by atoms with van der Waals surface area (Å²) in [5, 5.41) is 33.4. The molecule has 4 saturated carbocycles. The van der Waals surface area contributed by atoms with Gasteiger partial charge in [0.25, 0.3) is 0 Å². The quantitative estimate of drug-likeness (QED) is 0.328. The highest BCUT2D eigenvalue weighted by molar-refractivity contribution is 5.28. The molecule has 0 spiro atoms. The van der Waals surface area contributed by atoms with Gasteiger partial charge in [-0.2, -0.15) is 0 Å². The molecule has 0 aromatic carbocycles. The fourth-order valence-electron chi connectivity index (χ4n) is 10.5. The Morgan fingerprint density at radius 2 is 1.57 bits per heavy atom. The van der Waals surface area contributed by atoms with Crippen LogP contribution in [0.25, 0.3) is 0 Å². The van der Waals surface area contributed by atoms with Crippen molar-refractivity contribution >= 4 is 0 Å². The van der Waals surface area contributed by atoms with Crippen molar-refractivity contribution in [1.29, 1.82) is 0 Å². The van der Waals surface area contributed by atoms with Crippen LogP contribution in [0.1, 0.15) is 138 Å². The maximum atomic E-state index is 11.3. The van der Waals surface area contributed by atoms with Gasteiger partial charge in [0.1, 0.15) is 0 Å². The molecule has 5 aliphatic carbocycles. The van der Waals surface area contributed by atoms with E-state index in [9.17, 15) is 15.3 Å². The van der Waals surface area contributed by atoms with Gasteiger partial charge in [0.05, 0.1) is 16.8 Å². The molecule has 0 aromatic rings. The maximum Gasteiger partial charge on any atom is 0.0965 e. The summed E-state index contributed by atoms with van der Waals surface area (Å²) in [7, 11) is 0. The lowest BCUT2D eigenvalue weighted by Crippen LogP contribution is -2.57. The molecular weight excluding hydrogens is 456 g/mol. The van der Waals surface area contributed by atoms with Crippen LogP contribution in [-0.2, 0) is 0 Å². The topological polar surface area (TPSA) is 60.7 Å². The number of hydrogen-bond donors (Lipinski definition) is 3. The average molecular weight is 515 g/mol. The van der Waals surface area contributed by atoms with Gasteiger partial charge in [-0.1, -0.05) is 46.3 Å². The Balaban J connectivity index is 1.27. The summed E-state index contributed by atoms with van der Waals surface area (Å²) in [6, 6.07) is 0. The first-order valence-corrected chi connectivity index (χ1v) is 15.9. The van der Waals surface area contributed by atoms with E-state index in [1.807, 2.05) is 0 Å². The molecule has 3 nitrogen and oxygen atoms in total. The van der Waals surface area contributed by atoms with Crippen molar-refractivity contribution in [1.82, 2.24) is 0 Å². The van der Waals surface area contributed by atoms with E-state index in [4.69, 9.17) is 0 Å². The third kappa shape index (κ3) is 4.69. The zero-order valence-corrected chi connectivity index (χ0v) is 25.2. The molecule has 0 aromatic heterocycles. The number of rotatable bonds is 5. The van der Waals surface area contributed by atoms with Crippen molar-refractivity contribution in [3.63, 3.8) is 0 Å². The molecule has 0 bridgehead atoms. The van der Waals surface area contributed by atoms with Gasteiger partial charge < -0.3 is 15.3 Å². The van der Waals surface area contributed by atoms with Crippen LogP contribution >= 0.6 is 0 Å². The third-order valence-electron chi connectivity index (χ3n) is 13.7. The first-order valence-electron chi connectivity index (χ1n) is 15.9. The lowest BCUT2D eigenvalue weighted by Gasteiger charge is -2.60. The summed E-state index contributed by atoms with van der Waals surface area (Å²) in [4.78, 5) is 0. The lowest BCUT2D eigenvalue weighted by molar-refractivity contribution is -0.158. The molecule has 5 aliphatic rings. The van der Waals surface area contributed by atoms with Crippen molar-refractivity contribution in [3.05, 3.63) is 11.6 Å². The summed E-state index contributed by atoms with van der Waals surface area (Å²) in [5.74, 6) is 3.77. The molecule has 0 saturated heterocycles. The van der Waals surface area contributed by atoms with Gasteiger partial charge in [-0.3, -0.25) is 0 Å². The van der Waals surface area contributed by atoms with Gasteiger partial charge in [-0.15, -0.1) is 0 Å². The molecule has 0 amide bonds. The molecule has 212 valence electrons. The molecule has 5 rings (SSSR count). The van der Waals surface area contributed by atoms with E-state index in [1.54, 1.807) is 13.8 Å². The first-order chi connectivity index (χ1) is 17.0. The molecule has 0 heterocycles. The molecule has 4 fully saturated rings. The van der Waals surface area contributed by atoms with Crippen LogP contribution in [-0.4, -0.2) is 32.1 Å². The Kier molecular flexibility index (Phi) is 6.90. The molecule has 0 unspecified atom stereocenters. The SMILES string of the molecule is C[C@H](CCC1(O)CCC(C)(C)CC1)[C@H]1CC[C@H]2[C@@H]3CC=C4C[C@](O)(C(C)(C)O)CC[C@]4(C)[C@H]3CC[C@]12C. The second-order valence-electron chi connectivity index (χ2n) is 16.7. The number of fused-ring (bicyclic) bond motifs is 5. The van der Waals surface area contributed by atoms with Crippen LogP contribution in [0.5, 0.6) is 0 Å². The van der Waals surface area contributed by atoms with Gasteiger partial charge in [0.15, 0.2) is 0 Å². The zero-order valence-electron chi connectivity index (χ0n) is 25.2. The van der Waals surface area contributed by atoms with Gasteiger partial charge in [-0.25, -0.2) is 0 Å². The number of hydrogen-bond acceptors (Lipinski definition) is 3. The van der Waals surface area contributed by atoms with Crippen molar-refractivity contribution < 1.29 is 15.3 Å². The first kappa shape index (κ1) is 28.2. The van der Waals surface area contributed by atoms with E-state index in [2.05, 4.69) is 40.7 Å². The van der Waals surface area contributed by atoms with E-state index >= 15 is 0 Å². The summed E-state index contributed by atoms with van der Waals surface area (Å²) in [6.07, 6.45) is 17.8. The zero-order chi connectivity index (χ0) is 27.1. The Morgan fingerprint density at radius 3 is 2.22 bits per heavy atom. The third-order valence-corrected chi connectivity index (χ3v) is 13.7. The number of aliphatic hydroxyl groups is 3. The smallest absolute Gasteiger partial charge is 0.0965 e. The summed E-state index contributed by atoms with van der Waals surface area (Å²) in [6.45, 7) is 15.9. The minimum atomic E-state index is -1.06. The number of allylic oxidation sites excluding steroid dienone is 1. The van der Waals surface area contributed by atoms with Gasteiger partial charge in [0, 0.05) is 6.42 Å². The molecule has 3 N–H and O–H groups in total. The lowest BCUT2D eigenvalue weighted by atomic mass is 9.45. The Hall–Kier alpha value is -0.380. The highest BCUT2D eigenvalue weighted by Gasteiger charge is 2.61. The van der Waals surface area contributed by atoms with Crippen LogP contribution < -0.4 is 0 Å². The summed E-state index contributed by atoms with van der Waals surface area (Å²) >= 11 is 0. The second-order valence-corrected chi connectivity index (χ2v) is 16.7. The largest absolute Gasteiger partial charge is 0.390 e. The van der Waals surface area contributed by atoms with Crippen molar-refractivity contribution in [2.45, 2.75) is 155 Å². The summed E-state index contributed by atoms with van der Waals surface area (Å²) < 4.78 is 0. The molecule has 0 radical (unpaired) electrons. The van der Waals surface area contributed by atoms with Crippen LogP contribution in [0.15, 0.2) is 11.6 Å². The molecular formula is C34H58O3. The van der Waals surface area contributed by atoms with Crippen LogP contribution in [0.2, 0.25) is 0 Å². The fraction of sp³-hybridized carbons (Fsp3) is 0.941. The van der Waals surface area contributed by atoms with Crippen molar-refractivity contribution in [2.75, 3.05) is 0 Å². The molecule has 37 heavy (non-hydrogen) atoms. The minimum Gasteiger partial charge on any atom is -0.390 e. The normalized spacial score (nSPS) is 45.8. The van der Waals surface area contributed by atoms with E-state index in [-0.39, 0.29) is 5.41 Å². The van der Waals surface area contributed by atoms with Crippen LogP contribution in [0, 0.1) is 45.8 Å². The highest BCUT2D eigenvalue weighted by Crippen LogP contribution is 2.68. The van der Waals surface area contributed by atoms with Crippen LogP contribution in [0.4, 0.5) is 0 Å². The molecule has 0 aliphatic heterocycles. The molecule has 8 atom stereocenters. The highest BCUT2D eigenvalue weighted by atomic mass is 16.4. The Morgan fingerprint density at radius 1 is 0.892 bits per heavy atom. The predicted molar refractivity (Wildman–Crippen MR) is 152 cm³/mol. The average Bonchev–Trinajstić information content (AvgIpc) is 3.17. The standard InChI is InChI=1S/C34H58O3/c1-23(12-15-33(36)19-16-29(2,3)17-20-33)26-10-11-27-25-9-8-24-22-34(37,30(4,5)35)21-18-31(24,6)28(25)13-14-32(26,27)7/h8,23,25-28,35-37H,9-22H2,1-7H3/t23-,25+,26-,27+,28+,31+,32-,34+/m1/s1. The van der Waals surface area contributed by atoms with Gasteiger partial charge >= 0.3 is 0 Å². The van der Waals surface area contributed by atoms with E-state index < -0.39 is 16.8 Å². The predicted octanol–water partition coefficient (Wildman–Crippen LogP) is 7.82. The van der Waals surface area contributed by atoms with Crippen LogP contribution in [0.3, 0.4) is 0 Å². The second kappa shape index (κ2) is 9.07. The summed E-state index contributed by atoms with van der Waals surface area (Å²) in [5.41, 5.74) is -0.0384. The monoisotopic (exact) mass is 514 g/mol. The van der Waals surface area contributed by atoms with Gasteiger partial charge in [0.2, 0.25) is 0 Å². The minimum absolute atomic E-state index is 0.184. The Labute approximate surface area is 227 Å².